The first-order valence-electron chi connectivity index (χ1n) is 9.00. The molecule has 138 valence electrons. The van der Waals surface area contributed by atoms with Gasteiger partial charge in [0.05, 0.1) is 17.9 Å². The van der Waals surface area contributed by atoms with Crippen molar-refractivity contribution in [3.8, 4) is 0 Å². The maximum absolute atomic E-state index is 12.9. The fourth-order valence-corrected chi connectivity index (χ4v) is 3.50. The number of carbonyl (C=O) groups is 1. The van der Waals surface area contributed by atoms with E-state index >= 15 is 0 Å². The van der Waals surface area contributed by atoms with Gasteiger partial charge in [-0.2, -0.15) is 5.10 Å². The molecule has 1 aromatic heterocycles. The molecule has 1 atom stereocenters. The Hall–Kier alpha value is -2.41. The summed E-state index contributed by atoms with van der Waals surface area (Å²) in [6.45, 7) is 3.65. The van der Waals surface area contributed by atoms with Crippen molar-refractivity contribution >= 4 is 28.9 Å². The van der Waals surface area contributed by atoms with Crippen LogP contribution in [-0.4, -0.2) is 38.8 Å². The van der Waals surface area contributed by atoms with E-state index in [4.69, 9.17) is 12.2 Å². The molecule has 0 spiro atoms. The van der Waals surface area contributed by atoms with Gasteiger partial charge < -0.3 is 15.5 Å². The molecular formula is C19H25N5OS. The largest absolute Gasteiger partial charge is 0.356 e. The summed E-state index contributed by atoms with van der Waals surface area (Å²) in [6.07, 6.45) is 4.95. The van der Waals surface area contributed by atoms with Crippen LogP contribution in [0.4, 0.5) is 5.69 Å². The van der Waals surface area contributed by atoms with Crippen LogP contribution in [0.3, 0.4) is 0 Å². The van der Waals surface area contributed by atoms with Crippen molar-refractivity contribution in [1.82, 2.24) is 20.0 Å². The third kappa shape index (κ3) is 4.22. The van der Waals surface area contributed by atoms with E-state index in [0.29, 0.717) is 16.5 Å². The summed E-state index contributed by atoms with van der Waals surface area (Å²) in [5.41, 5.74) is 2.33. The predicted octanol–water partition coefficient (Wildman–Crippen LogP) is 3.09. The highest BCUT2D eigenvalue weighted by Gasteiger charge is 2.24. The second kappa shape index (κ2) is 8.31. The van der Waals surface area contributed by atoms with Gasteiger partial charge in [-0.25, -0.2) is 0 Å². The summed E-state index contributed by atoms with van der Waals surface area (Å²) in [6, 6.07) is 10.2. The van der Waals surface area contributed by atoms with Gasteiger partial charge in [0.15, 0.2) is 5.11 Å². The molecule has 3 rings (SSSR count). The monoisotopic (exact) mass is 371 g/mol. The first-order valence-corrected chi connectivity index (χ1v) is 9.41. The number of nitrogens with one attached hydrogen (secondary N) is 2. The Morgan fingerprint density at radius 1 is 1.19 bits per heavy atom. The molecule has 1 amide bonds. The first-order chi connectivity index (χ1) is 12.6. The van der Waals surface area contributed by atoms with Gasteiger partial charge in [0.2, 0.25) is 0 Å². The molecular weight excluding hydrogens is 346 g/mol. The van der Waals surface area contributed by atoms with Crippen LogP contribution < -0.4 is 10.6 Å². The number of thiocarbonyl (C=S) groups is 1. The fourth-order valence-electron chi connectivity index (χ4n) is 3.21. The molecule has 1 unspecified atom stereocenters. The molecule has 7 heteroatoms. The van der Waals surface area contributed by atoms with Crippen LogP contribution in [-0.2, 0) is 7.05 Å². The molecule has 1 saturated heterocycles. The van der Waals surface area contributed by atoms with E-state index in [0.717, 1.165) is 31.5 Å². The maximum Gasteiger partial charge on any atom is 0.274 e. The Balaban J connectivity index is 1.68. The van der Waals surface area contributed by atoms with E-state index in [9.17, 15) is 4.79 Å². The number of amides is 1. The van der Waals surface area contributed by atoms with Crippen LogP contribution in [0.15, 0.2) is 36.5 Å². The van der Waals surface area contributed by atoms with E-state index in [1.807, 2.05) is 30.0 Å². The minimum Gasteiger partial charge on any atom is -0.356 e. The third-order valence-corrected chi connectivity index (χ3v) is 4.90. The molecule has 1 aliphatic heterocycles. The molecule has 0 bridgehead atoms. The van der Waals surface area contributed by atoms with Crippen molar-refractivity contribution in [3.05, 3.63) is 47.8 Å². The quantitative estimate of drug-likeness (QED) is 0.809. The molecule has 26 heavy (non-hydrogen) atoms. The molecule has 1 fully saturated rings. The van der Waals surface area contributed by atoms with Crippen LogP contribution in [0.25, 0.3) is 0 Å². The lowest BCUT2D eigenvalue weighted by atomic mass is 10.1. The molecule has 2 N–H and O–H groups in total. The lowest BCUT2D eigenvalue weighted by Gasteiger charge is -2.27. The standard InChI is InChI=1S/C19H25N5OS/c1-14(15-9-5-3-6-10-15)21-19(26)22-16-13-20-23(2)17(16)18(25)24-11-7-4-8-12-24/h3,5-6,9-10,13-14H,4,7-8,11-12H2,1-2H3,(H2,21,22,26). The third-order valence-electron chi connectivity index (χ3n) is 4.68. The zero-order valence-corrected chi connectivity index (χ0v) is 16.1. The second-order valence-corrected chi connectivity index (χ2v) is 7.02. The second-order valence-electron chi connectivity index (χ2n) is 6.61. The molecule has 1 aliphatic rings. The minimum atomic E-state index is 0.00566. The average Bonchev–Trinajstić information content (AvgIpc) is 3.02. The van der Waals surface area contributed by atoms with Crippen molar-refractivity contribution in [2.75, 3.05) is 18.4 Å². The van der Waals surface area contributed by atoms with Crippen molar-refractivity contribution in [2.45, 2.75) is 32.2 Å². The van der Waals surface area contributed by atoms with Gasteiger partial charge in [-0.3, -0.25) is 9.48 Å². The number of piperidine rings is 1. The number of hydrogen-bond donors (Lipinski definition) is 2. The zero-order chi connectivity index (χ0) is 18.5. The van der Waals surface area contributed by atoms with Gasteiger partial charge in [0.1, 0.15) is 5.69 Å². The summed E-state index contributed by atoms with van der Waals surface area (Å²) in [5.74, 6) is 0.00566. The SMILES string of the molecule is CC(NC(=S)Nc1cnn(C)c1C(=O)N1CCCCC1)c1ccccc1. The van der Waals surface area contributed by atoms with Gasteiger partial charge in [0, 0.05) is 20.1 Å². The summed E-state index contributed by atoms with van der Waals surface area (Å²) < 4.78 is 1.61. The summed E-state index contributed by atoms with van der Waals surface area (Å²) >= 11 is 5.44. The van der Waals surface area contributed by atoms with Crippen LogP contribution >= 0.6 is 12.2 Å². The number of aryl methyl sites for hydroxylation is 1. The smallest absolute Gasteiger partial charge is 0.274 e. The highest BCUT2D eigenvalue weighted by Crippen LogP contribution is 2.20. The van der Waals surface area contributed by atoms with E-state index in [-0.39, 0.29) is 11.9 Å². The summed E-state index contributed by atoms with van der Waals surface area (Å²) in [7, 11) is 1.78. The summed E-state index contributed by atoms with van der Waals surface area (Å²) in [4.78, 5) is 14.8. The number of aromatic nitrogens is 2. The number of hydrogen-bond acceptors (Lipinski definition) is 3. The number of likely N-dealkylation sites (tertiary alicyclic amines) is 1. The Kier molecular flexibility index (Phi) is 5.88. The van der Waals surface area contributed by atoms with Crippen LogP contribution in [0.1, 0.15) is 48.3 Å². The number of anilines is 1. The van der Waals surface area contributed by atoms with Crippen molar-refractivity contribution < 1.29 is 4.79 Å². The van der Waals surface area contributed by atoms with E-state index in [2.05, 4.69) is 27.9 Å². The average molecular weight is 372 g/mol. The van der Waals surface area contributed by atoms with Gasteiger partial charge >= 0.3 is 0 Å². The lowest BCUT2D eigenvalue weighted by molar-refractivity contribution is 0.0714. The molecule has 0 aliphatic carbocycles. The van der Waals surface area contributed by atoms with Gasteiger partial charge in [0.25, 0.3) is 5.91 Å². The fraction of sp³-hybridized carbons (Fsp3) is 0.421. The molecule has 0 saturated carbocycles. The Morgan fingerprint density at radius 3 is 2.58 bits per heavy atom. The maximum atomic E-state index is 12.9. The number of benzene rings is 1. The van der Waals surface area contributed by atoms with Crippen molar-refractivity contribution in [3.63, 3.8) is 0 Å². The van der Waals surface area contributed by atoms with Gasteiger partial charge in [-0.05, 0) is 44.0 Å². The van der Waals surface area contributed by atoms with Crippen LogP contribution in [0.2, 0.25) is 0 Å². The highest BCUT2D eigenvalue weighted by molar-refractivity contribution is 7.80. The Labute approximate surface area is 159 Å². The normalized spacial score (nSPS) is 15.4. The highest BCUT2D eigenvalue weighted by atomic mass is 32.1. The Morgan fingerprint density at radius 2 is 1.88 bits per heavy atom. The first kappa shape index (κ1) is 18.4. The molecule has 2 aromatic rings. The lowest BCUT2D eigenvalue weighted by Crippen LogP contribution is -2.37. The van der Waals surface area contributed by atoms with E-state index in [1.165, 1.54) is 6.42 Å². The van der Waals surface area contributed by atoms with Gasteiger partial charge in [-0.15, -0.1) is 0 Å². The van der Waals surface area contributed by atoms with Crippen molar-refractivity contribution in [2.24, 2.45) is 7.05 Å². The van der Waals surface area contributed by atoms with Crippen molar-refractivity contribution in [1.29, 1.82) is 0 Å². The Bertz CT molecular complexity index is 767. The molecule has 6 nitrogen and oxygen atoms in total. The molecule has 0 radical (unpaired) electrons. The van der Waals surface area contributed by atoms with Crippen LogP contribution in [0, 0.1) is 0 Å². The van der Waals surface area contributed by atoms with Gasteiger partial charge in [-0.1, -0.05) is 30.3 Å². The number of rotatable bonds is 4. The zero-order valence-electron chi connectivity index (χ0n) is 15.2. The topological polar surface area (TPSA) is 62.2 Å². The molecule has 1 aromatic carbocycles. The van der Waals surface area contributed by atoms with Crippen LogP contribution in [0.5, 0.6) is 0 Å². The number of carbonyl (C=O) groups excluding carboxylic acids is 1. The predicted molar refractivity (Wildman–Crippen MR) is 107 cm³/mol. The molecule has 2 heterocycles. The van der Waals surface area contributed by atoms with E-state index in [1.54, 1.807) is 17.9 Å². The number of nitrogens with zero attached hydrogens (tertiary/aromatic N) is 3. The minimum absolute atomic E-state index is 0.00566. The van der Waals surface area contributed by atoms with E-state index < -0.39 is 0 Å². The summed E-state index contributed by atoms with van der Waals surface area (Å²) in [5, 5.41) is 11.1.